The van der Waals surface area contributed by atoms with Crippen LogP contribution in [-0.2, 0) is 0 Å². The third-order valence-corrected chi connectivity index (χ3v) is 10.2. The van der Waals surface area contributed by atoms with Crippen LogP contribution in [0, 0.1) is 0 Å². The molecule has 0 unspecified atom stereocenters. The van der Waals surface area contributed by atoms with E-state index in [-0.39, 0.29) is 17.1 Å². The maximum Gasteiger partial charge on any atom is 0.197 e. The third kappa shape index (κ3) is 6.72. The van der Waals surface area contributed by atoms with Gasteiger partial charge in [0, 0.05) is 45.3 Å². The summed E-state index contributed by atoms with van der Waals surface area (Å²) in [6.45, 7) is 0. The fourth-order valence-electron chi connectivity index (χ4n) is 7.38. The number of para-hydroxylation sites is 3. The highest BCUT2D eigenvalue weighted by atomic mass is 16.2. The van der Waals surface area contributed by atoms with E-state index in [9.17, 15) is 9.59 Å². The number of hydrogen-bond acceptors (Lipinski definition) is 4. The van der Waals surface area contributed by atoms with E-state index in [2.05, 4.69) is 119 Å². The topological polar surface area (TPSA) is 40.6 Å². The van der Waals surface area contributed by atoms with Crippen molar-refractivity contribution in [2.75, 3.05) is 9.80 Å². The van der Waals surface area contributed by atoms with E-state index in [1.54, 1.807) is 12.1 Å². The zero-order chi connectivity index (χ0) is 37.8. The molecular formula is C52H36N2O2. The Balaban J connectivity index is 0.975. The largest absolute Gasteiger partial charge is 0.311 e. The molecule has 0 fully saturated rings. The lowest BCUT2D eigenvalue weighted by Gasteiger charge is -2.26. The van der Waals surface area contributed by atoms with Crippen LogP contribution in [0.1, 0.15) is 26.3 Å². The molecule has 0 bridgehead atoms. The van der Waals surface area contributed by atoms with Gasteiger partial charge in [-0.3, -0.25) is 9.59 Å². The van der Waals surface area contributed by atoms with E-state index in [0.717, 1.165) is 61.9 Å². The first kappa shape index (κ1) is 34.2. The van der Waals surface area contributed by atoms with Gasteiger partial charge in [-0.05, 0) is 119 Å². The number of allylic oxidation sites excluding steroid dienone is 1. The highest BCUT2D eigenvalue weighted by molar-refractivity contribution is 6.41. The molecule has 8 aromatic rings. The Kier molecular flexibility index (Phi) is 9.20. The highest BCUT2D eigenvalue weighted by Gasteiger charge is 2.33. The van der Waals surface area contributed by atoms with Crippen molar-refractivity contribution in [1.29, 1.82) is 0 Å². The van der Waals surface area contributed by atoms with Gasteiger partial charge in [0.15, 0.2) is 11.6 Å². The van der Waals surface area contributed by atoms with Gasteiger partial charge in [0.05, 0.1) is 5.57 Å². The van der Waals surface area contributed by atoms with Gasteiger partial charge in [-0.2, -0.15) is 0 Å². The van der Waals surface area contributed by atoms with Gasteiger partial charge < -0.3 is 9.80 Å². The molecule has 56 heavy (non-hydrogen) atoms. The smallest absolute Gasteiger partial charge is 0.197 e. The van der Waals surface area contributed by atoms with Crippen LogP contribution in [-0.4, -0.2) is 11.6 Å². The molecule has 4 nitrogen and oxygen atoms in total. The van der Waals surface area contributed by atoms with Crippen molar-refractivity contribution >= 4 is 51.8 Å². The Bertz CT molecular complexity index is 2630. The number of nitrogens with zero attached hydrogens (tertiary/aromatic N) is 2. The van der Waals surface area contributed by atoms with Crippen LogP contribution in [0.15, 0.2) is 218 Å². The van der Waals surface area contributed by atoms with Crippen molar-refractivity contribution in [2.24, 2.45) is 0 Å². The lowest BCUT2D eigenvalue weighted by molar-refractivity contribution is 0.0990. The number of fused-ring (bicyclic) bond motifs is 1. The molecular weight excluding hydrogens is 685 g/mol. The number of rotatable bonds is 9. The number of carbonyl (C=O) groups excluding carboxylic acids is 2. The van der Waals surface area contributed by atoms with Crippen LogP contribution in [0.4, 0.5) is 34.1 Å². The van der Waals surface area contributed by atoms with E-state index >= 15 is 0 Å². The molecule has 9 rings (SSSR count). The normalized spacial score (nSPS) is 12.8. The molecule has 0 amide bonds. The van der Waals surface area contributed by atoms with Crippen molar-refractivity contribution in [1.82, 2.24) is 0 Å². The summed E-state index contributed by atoms with van der Waals surface area (Å²) < 4.78 is 0. The van der Waals surface area contributed by atoms with Crippen molar-refractivity contribution < 1.29 is 9.59 Å². The van der Waals surface area contributed by atoms with E-state index in [0.29, 0.717) is 11.1 Å². The molecule has 8 aromatic carbocycles. The number of Topliss-reactive ketones (excluding diaryl/α,β-unsaturated/α-hetero) is 2. The third-order valence-electron chi connectivity index (χ3n) is 10.2. The van der Waals surface area contributed by atoms with Crippen LogP contribution < -0.4 is 9.80 Å². The van der Waals surface area contributed by atoms with E-state index in [1.807, 2.05) is 97.1 Å². The highest BCUT2D eigenvalue weighted by Crippen LogP contribution is 2.38. The molecule has 0 saturated heterocycles. The molecule has 0 aromatic heterocycles. The molecule has 4 heteroatoms. The van der Waals surface area contributed by atoms with Gasteiger partial charge in [0.25, 0.3) is 0 Å². The summed E-state index contributed by atoms with van der Waals surface area (Å²) in [6, 6.07) is 71.7. The SMILES string of the molecule is O=C1C(=Cc2ccc(N(c3ccccc3)c3ccc(-c4ccc(N(c5ccccc5)c5ccccc5)cc4)cc3)cc2)C(=O)c2cc(-c3ccccc3)ccc21. The first-order valence-electron chi connectivity index (χ1n) is 18.7. The van der Waals surface area contributed by atoms with Crippen molar-refractivity contribution in [3.05, 3.63) is 235 Å². The molecule has 0 heterocycles. The number of anilines is 6. The molecule has 0 radical (unpaired) electrons. The van der Waals surface area contributed by atoms with Crippen molar-refractivity contribution in [3.8, 4) is 22.3 Å². The Morgan fingerprint density at radius 3 is 1.09 bits per heavy atom. The Labute approximate surface area is 326 Å². The number of carbonyl (C=O) groups is 2. The second-order valence-corrected chi connectivity index (χ2v) is 13.7. The van der Waals surface area contributed by atoms with Gasteiger partial charge >= 0.3 is 0 Å². The Morgan fingerprint density at radius 1 is 0.304 bits per heavy atom. The Morgan fingerprint density at radius 2 is 0.643 bits per heavy atom. The minimum absolute atomic E-state index is 0.189. The standard InChI is InChI=1S/C52H36N2O2/c55-51-48-34-27-41(38-13-5-1-6-14-38)36-49(48)52(56)50(51)35-37-21-28-45(29-22-37)54(44-19-11-4-12-20-44)47-32-25-40(26-33-47)39-23-30-46(31-24-39)53(42-15-7-2-8-16-42)43-17-9-3-10-18-43/h1-36H. The molecule has 0 spiro atoms. The number of benzene rings is 8. The van der Waals surface area contributed by atoms with Gasteiger partial charge in [-0.15, -0.1) is 0 Å². The molecule has 0 aliphatic heterocycles. The van der Waals surface area contributed by atoms with Gasteiger partial charge in [-0.1, -0.05) is 127 Å². The zero-order valence-electron chi connectivity index (χ0n) is 30.5. The minimum Gasteiger partial charge on any atom is -0.311 e. The quantitative estimate of drug-likeness (QED) is 0.110. The van der Waals surface area contributed by atoms with E-state index < -0.39 is 0 Å². The maximum absolute atomic E-state index is 13.5. The average Bonchev–Trinajstić information content (AvgIpc) is 3.50. The molecule has 0 saturated carbocycles. The van der Waals surface area contributed by atoms with Crippen LogP contribution in [0.3, 0.4) is 0 Å². The first-order chi connectivity index (χ1) is 27.6. The summed E-state index contributed by atoms with van der Waals surface area (Å²) in [5, 5.41) is 0. The summed E-state index contributed by atoms with van der Waals surface area (Å²) in [7, 11) is 0. The van der Waals surface area contributed by atoms with Crippen LogP contribution in [0.2, 0.25) is 0 Å². The van der Waals surface area contributed by atoms with E-state index in [4.69, 9.17) is 0 Å². The lowest BCUT2D eigenvalue weighted by atomic mass is 10.0. The fourth-order valence-corrected chi connectivity index (χ4v) is 7.38. The van der Waals surface area contributed by atoms with Crippen LogP contribution in [0.5, 0.6) is 0 Å². The maximum atomic E-state index is 13.5. The molecule has 1 aliphatic carbocycles. The van der Waals surface area contributed by atoms with Gasteiger partial charge in [-0.25, -0.2) is 0 Å². The number of hydrogen-bond donors (Lipinski definition) is 0. The average molecular weight is 721 g/mol. The van der Waals surface area contributed by atoms with Crippen molar-refractivity contribution in [3.63, 3.8) is 0 Å². The fraction of sp³-hybridized carbons (Fsp3) is 0. The molecule has 1 aliphatic rings. The second-order valence-electron chi connectivity index (χ2n) is 13.7. The van der Waals surface area contributed by atoms with Crippen LogP contribution in [0.25, 0.3) is 28.3 Å². The zero-order valence-corrected chi connectivity index (χ0v) is 30.5. The van der Waals surface area contributed by atoms with Gasteiger partial charge in [0.2, 0.25) is 0 Å². The number of ketones is 2. The predicted molar refractivity (Wildman–Crippen MR) is 230 cm³/mol. The first-order valence-corrected chi connectivity index (χ1v) is 18.7. The Hall–Kier alpha value is -7.56. The summed E-state index contributed by atoms with van der Waals surface area (Å²) in [6.07, 6.45) is 1.71. The molecule has 0 N–H and O–H groups in total. The lowest BCUT2D eigenvalue weighted by Crippen LogP contribution is -2.10. The molecule has 0 atom stereocenters. The summed E-state index contributed by atoms with van der Waals surface area (Å²) in [5.74, 6) is -0.476. The van der Waals surface area contributed by atoms with E-state index in [1.165, 1.54) is 0 Å². The summed E-state index contributed by atoms with van der Waals surface area (Å²) in [4.78, 5) is 31.4. The van der Waals surface area contributed by atoms with Crippen molar-refractivity contribution in [2.45, 2.75) is 0 Å². The molecule has 266 valence electrons. The second kappa shape index (κ2) is 15.1. The monoisotopic (exact) mass is 720 g/mol. The minimum atomic E-state index is -0.239. The summed E-state index contributed by atoms with van der Waals surface area (Å²) >= 11 is 0. The van der Waals surface area contributed by atoms with Gasteiger partial charge in [0.1, 0.15) is 0 Å². The summed E-state index contributed by atoms with van der Waals surface area (Å²) in [5.41, 5.74) is 12.3. The predicted octanol–water partition coefficient (Wildman–Crippen LogP) is 13.4. The van der Waals surface area contributed by atoms with Crippen LogP contribution >= 0.6 is 0 Å².